The highest BCUT2D eigenvalue weighted by atomic mass is 35.5. The molecule has 2 rings (SSSR count). The smallest absolute Gasteiger partial charge is 0.166 e. The Kier molecular flexibility index (Phi) is 2.98. The number of halogens is 2. The van der Waals surface area contributed by atoms with E-state index in [2.05, 4.69) is 4.98 Å². The van der Waals surface area contributed by atoms with E-state index in [0.29, 0.717) is 16.9 Å². The second kappa shape index (κ2) is 4.25. The van der Waals surface area contributed by atoms with Crippen LogP contribution < -0.4 is 0 Å². The van der Waals surface area contributed by atoms with Crippen LogP contribution in [-0.2, 0) is 6.54 Å². The normalized spacial score (nSPS) is 10.6. The quantitative estimate of drug-likeness (QED) is 0.786. The van der Waals surface area contributed by atoms with Crippen LogP contribution in [0.1, 0.15) is 11.4 Å². The Hall–Kier alpha value is -0.990. The van der Waals surface area contributed by atoms with Crippen molar-refractivity contribution in [2.24, 2.45) is 0 Å². The van der Waals surface area contributed by atoms with Crippen molar-refractivity contribution in [2.75, 3.05) is 0 Å². The van der Waals surface area contributed by atoms with Crippen LogP contribution >= 0.6 is 23.2 Å². The molecule has 15 heavy (non-hydrogen) atoms. The van der Waals surface area contributed by atoms with Crippen LogP contribution in [0.4, 0.5) is 0 Å². The lowest BCUT2D eigenvalue weighted by Crippen LogP contribution is -2.01. The van der Waals surface area contributed by atoms with Crippen molar-refractivity contribution < 1.29 is 0 Å². The zero-order chi connectivity index (χ0) is 10.8. The van der Waals surface area contributed by atoms with Crippen molar-refractivity contribution in [3.8, 4) is 0 Å². The van der Waals surface area contributed by atoms with E-state index in [1.807, 2.05) is 41.8 Å². The van der Waals surface area contributed by atoms with Gasteiger partial charge in [0.05, 0.1) is 6.54 Å². The monoisotopic (exact) mass is 240 g/mol. The van der Waals surface area contributed by atoms with Crippen LogP contribution in [0.25, 0.3) is 0 Å². The lowest BCUT2D eigenvalue weighted by atomic mass is 10.2. The van der Waals surface area contributed by atoms with Gasteiger partial charge in [-0.25, -0.2) is 4.98 Å². The Labute approximate surface area is 98.5 Å². The maximum absolute atomic E-state index is 6.03. The maximum atomic E-state index is 6.03. The minimum Gasteiger partial charge on any atom is -0.314 e. The van der Waals surface area contributed by atoms with E-state index in [-0.39, 0.29) is 0 Å². The Bertz CT molecular complexity index is 463. The molecule has 0 spiro atoms. The van der Waals surface area contributed by atoms with Gasteiger partial charge in [-0.3, -0.25) is 0 Å². The van der Waals surface area contributed by atoms with Crippen LogP contribution in [0.2, 0.25) is 10.3 Å². The van der Waals surface area contributed by atoms with Gasteiger partial charge in [-0.1, -0.05) is 53.5 Å². The SMILES string of the molecule is Cc1nc(Cl)c(Cl)n1Cc1ccccc1. The van der Waals surface area contributed by atoms with Crippen LogP contribution in [0.5, 0.6) is 0 Å². The first-order chi connectivity index (χ1) is 7.18. The molecule has 0 saturated carbocycles. The van der Waals surface area contributed by atoms with Crippen molar-refractivity contribution in [3.05, 3.63) is 52.0 Å². The molecule has 0 atom stereocenters. The number of aromatic nitrogens is 2. The van der Waals surface area contributed by atoms with Gasteiger partial charge in [0, 0.05) is 0 Å². The third kappa shape index (κ3) is 2.16. The first kappa shape index (κ1) is 10.5. The predicted molar refractivity (Wildman–Crippen MR) is 62.5 cm³/mol. The molecule has 4 heteroatoms. The second-order valence-electron chi connectivity index (χ2n) is 3.31. The molecule has 0 N–H and O–H groups in total. The molecule has 2 aromatic rings. The van der Waals surface area contributed by atoms with Gasteiger partial charge in [-0.05, 0) is 12.5 Å². The molecule has 0 saturated heterocycles. The fraction of sp³-hybridized carbons (Fsp3) is 0.182. The summed E-state index contributed by atoms with van der Waals surface area (Å²) in [6.07, 6.45) is 0. The van der Waals surface area contributed by atoms with E-state index in [0.717, 1.165) is 5.82 Å². The van der Waals surface area contributed by atoms with Crippen LogP contribution in [0, 0.1) is 6.92 Å². The van der Waals surface area contributed by atoms with E-state index in [1.54, 1.807) is 0 Å². The topological polar surface area (TPSA) is 17.8 Å². The molecular weight excluding hydrogens is 231 g/mol. The summed E-state index contributed by atoms with van der Waals surface area (Å²) in [6.45, 7) is 2.59. The zero-order valence-corrected chi connectivity index (χ0v) is 9.76. The molecule has 0 amide bonds. The molecule has 0 aliphatic carbocycles. The number of aryl methyl sites for hydroxylation is 1. The van der Waals surface area contributed by atoms with Gasteiger partial charge in [0.1, 0.15) is 11.0 Å². The van der Waals surface area contributed by atoms with Crippen LogP contribution in [0.15, 0.2) is 30.3 Å². The zero-order valence-electron chi connectivity index (χ0n) is 8.24. The van der Waals surface area contributed by atoms with E-state index in [1.165, 1.54) is 5.56 Å². The Morgan fingerprint density at radius 2 is 1.87 bits per heavy atom. The van der Waals surface area contributed by atoms with Gasteiger partial charge in [-0.15, -0.1) is 0 Å². The number of hydrogen-bond donors (Lipinski definition) is 0. The van der Waals surface area contributed by atoms with Crippen molar-refractivity contribution in [1.29, 1.82) is 0 Å². The molecule has 1 heterocycles. The average Bonchev–Trinajstić information content (AvgIpc) is 2.47. The molecule has 1 aromatic heterocycles. The van der Waals surface area contributed by atoms with Crippen LogP contribution in [-0.4, -0.2) is 9.55 Å². The summed E-state index contributed by atoms with van der Waals surface area (Å²) in [4.78, 5) is 4.10. The summed E-state index contributed by atoms with van der Waals surface area (Å²) in [7, 11) is 0. The first-order valence-electron chi connectivity index (χ1n) is 4.60. The molecule has 0 aliphatic rings. The highest BCUT2D eigenvalue weighted by molar-refractivity contribution is 6.40. The predicted octanol–water partition coefficient (Wildman–Crippen LogP) is 3.55. The summed E-state index contributed by atoms with van der Waals surface area (Å²) >= 11 is 11.9. The summed E-state index contributed by atoms with van der Waals surface area (Å²) in [5.41, 5.74) is 1.18. The highest BCUT2D eigenvalue weighted by Gasteiger charge is 2.10. The first-order valence-corrected chi connectivity index (χ1v) is 5.36. The van der Waals surface area contributed by atoms with Crippen molar-refractivity contribution in [2.45, 2.75) is 13.5 Å². The second-order valence-corrected chi connectivity index (χ2v) is 4.03. The van der Waals surface area contributed by atoms with Crippen molar-refractivity contribution >= 4 is 23.2 Å². The van der Waals surface area contributed by atoms with Crippen molar-refractivity contribution in [1.82, 2.24) is 9.55 Å². The molecule has 0 radical (unpaired) electrons. The van der Waals surface area contributed by atoms with Gasteiger partial charge in [-0.2, -0.15) is 0 Å². The van der Waals surface area contributed by atoms with Gasteiger partial charge in [0.2, 0.25) is 0 Å². The summed E-state index contributed by atoms with van der Waals surface area (Å²) in [5, 5.41) is 0.864. The summed E-state index contributed by atoms with van der Waals surface area (Å²) < 4.78 is 1.89. The highest BCUT2D eigenvalue weighted by Crippen LogP contribution is 2.23. The standard InChI is InChI=1S/C11H10Cl2N2/c1-8-14-10(12)11(13)15(8)7-9-5-3-2-4-6-9/h2-6H,7H2,1H3. The maximum Gasteiger partial charge on any atom is 0.166 e. The summed E-state index contributed by atoms with van der Waals surface area (Å²) in [5.74, 6) is 0.828. The van der Waals surface area contributed by atoms with E-state index < -0.39 is 0 Å². The molecule has 2 nitrogen and oxygen atoms in total. The number of hydrogen-bond acceptors (Lipinski definition) is 1. The third-order valence-electron chi connectivity index (χ3n) is 2.24. The van der Waals surface area contributed by atoms with Gasteiger partial charge < -0.3 is 4.57 Å². The largest absolute Gasteiger partial charge is 0.314 e. The number of rotatable bonds is 2. The fourth-order valence-corrected chi connectivity index (χ4v) is 1.90. The molecule has 0 fully saturated rings. The molecule has 78 valence electrons. The molecule has 0 aliphatic heterocycles. The average molecular weight is 241 g/mol. The van der Waals surface area contributed by atoms with Crippen molar-refractivity contribution in [3.63, 3.8) is 0 Å². The number of imidazole rings is 1. The minimum absolute atomic E-state index is 0.366. The lowest BCUT2D eigenvalue weighted by molar-refractivity contribution is 0.762. The molecule has 1 aromatic carbocycles. The van der Waals surface area contributed by atoms with Crippen LogP contribution in [0.3, 0.4) is 0 Å². The third-order valence-corrected chi connectivity index (χ3v) is 2.98. The van der Waals surface area contributed by atoms with E-state index in [9.17, 15) is 0 Å². The molecule has 0 unspecified atom stereocenters. The number of nitrogens with zero attached hydrogens (tertiary/aromatic N) is 2. The lowest BCUT2D eigenvalue weighted by Gasteiger charge is -2.06. The fourth-order valence-electron chi connectivity index (χ4n) is 1.45. The Morgan fingerprint density at radius 1 is 1.20 bits per heavy atom. The summed E-state index contributed by atoms with van der Waals surface area (Å²) in [6, 6.07) is 10.1. The van der Waals surface area contributed by atoms with E-state index in [4.69, 9.17) is 23.2 Å². The molecule has 0 bridgehead atoms. The van der Waals surface area contributed by atoms with E-state index >= 15 is 0 Å². The Morgan fingerprint density at radius 3 is 2.40 bits per heavy atom. The number of benzene rings is 1. The molecular formula is C11H10Cl2N2. The van der Waals surface area contributed by atoms with Gasteiger partial charge in [0.15, 0.2) is 5.15 Å². The Balaban J connectivity index is 2.32. The van der Waals surface area contributed by atoms with Gasteiger partial charge >= 0.3 is 0 Å². The van der Waals surface area contributed by atoms with Gasteiger partial charge in [0.25, 0.3) is 0 Å². The minimum atomic E-state index is 0.366.